The van der Waals surface area contributed by atoms with Crippen molar-refractivity contribution in [2.45, 2.75) is 117 Å². The van der Waals surface area contributed by atoms with Crippen LogP contribution in [0.3, 0.4) is 0 Å². The number of aryl methyl sites for hydroxylation is 1. The number of halogens is 1. The molecule has 52 heavy (non-hydrogen) atoms. The van der Waals surface area contributed by atoms with Crippen LogP contribution >= 0.6 is 0 Å². The second kappa shape index (κ2) is 15.1. The normalized spacial score (nSPS) is 18.1. The van der Waals surface area contributed by atoms with Crippen LogP contribution in [0.25, 0.3) is 33.5 Å². The molecule has 0 N–H and O–H groups in total. The van der Waals surface area contributed by atoms with Gasteiger partial charge < -0.3 is 28.3 Å². The summed E-state index contributed by atoms with van der Waals surface area (Å²) in [7, 11) is 0.105. The maximum absolute atomic E-state index is 15.1. The number of imidazole rings is 1. The molecule has 0 radical (unpaired) electrons. The Morgan fingerprint density at radius 2 is 1.94 bits per heavy atom. The third kappa shape index (κ3) is 7.96. The average molecular weight is 734 g/mol. The molecule has 1 amide bonds. The van der Waals surface area contributed by atoms with Gasteiger partial charge in [0.25, 0.3) is 0 Å². The van der Waals surface area contributed by atoms with Gasteiger partial charge in [0.05, 0.1) is 36.6 Å². The van der Waals surface area contributed by atoms with Gasteiger partial charge in [-0.15, -0.1) is 0 Å². The van der Waals surface area contributed by atoms with Crippen LogP contribution in [0, 0.1) is 5.82 Å². The number of hydrogen-bond acceptors (Lipinski definition) is 8. The maximum Gasteiger partial charge on any atom is 0.411 e. The van der Waals surface area contributed by atoms with Gasteiger partial charge in [-0.05, 0) is 93.5 Å². The van der Waals surface area contributed by atoms with Crippen LogP contribution in [0.15, 0.2) is 30.3 Å². The Bertz CT molecular complexity index is 1940. The topological polar surface area (TPSA) is 110 Å². The summed E-state index contributed by atoms with van der Waals surface area (Å²) >= 11 is 0. The first kappa shape index (κ1) is 37.7. The monoisotopic (exact) mass is 733 g/mol. The molecular weight excluding hydrogens is 682 g/mol. The van der Waals surface area contributed by atoms with Crippen molar-refractivity contribution in [3.05, 3.63) is 53.1 Å². The first-order valence-electron chi connectivity index (χ1n) is 18.3. The van der Waals surface area contributed by atoms with E-state index in [1.165, 1.54) is 18.1 Å². The van der Waals surface area contributed by atoms with Gasteiger partial charge in [-0.1, -0.05) is 32.6 Å². The van der Waals surface area contributed by atoms with Gasteiger partial charge in [-0.3, -0.25) is 4.90 Å². The minimum absolute atomic E-state index is 0.134. The van der Waals surface area contributed by atoms with E-state index in [0.717, 1.165) is 70.6 Å². The molecule has 13 heteroatoms. The van der Waals surface area contributed by atoms with Gasteiger partial charge in [-0.25, -0.2) is 18.9 Å². The number of fused-ring (bicyclic) bond motifs is 2. The number of methoxy groups -OCH3 is 1. The van der Waals surface area contributed by atoms with Crippen LogP contribution in [0.1, 0.15) is 70.1 Å². The molecule has 4 aromatic rings. The molecule has 6 rings (SSSR count). The van der Waals surface area contributed by atoms with Crippen molar-refractivity contribution in [2.75, 3.05) is 20.3 Å². The van der Waals surface area contributed by atoms with E-state index in [0.29, 0.717) is 31.2 Å². The molecule has 1 saturated heterocycles. The number of hydrogen-bond donors (Lipinski definition) is 0. The number of aldehydes is 1. The van der Waals surface area contributed by atoms with E-state index >= 15 is 4.39 Å². The lowest BCUT2D eigenvalue weighted by Gasteiger charge is -2.34. The third-order valence-corrected chi connectivity index (χ3v) is 11.4. The highest BCUT2D eigenvalue weighted by Gasteiger charge is 2.37. The summed E-state index contributed by atoms with van der Waals surface area (Å²) in [6.07, 6.45) is 3.67. The third-order valence-electron chi connectivity index (χ3n) is 9.70. The molecule has 2 aliphatic heterocycles. The molecule has 0 aliphatic carbocycles. The Kier molecular flexibility index (Phi) is 11.0. The van der Waals surface area contributed by atoms with Gasteiger partial charge in [0, 0.05) is 33.1 Å². The highest BCUT2D eigenvalue weighted by Crippen LogP contribution is 2.39. The number of carbonyl (C=O) groups is 2. The van der Waals surface area contributed by atoms with Crippen molar-refractivity contribution in [3.8, 4) is 28.4 Å². The Morgan fingerprint density at radius 1 is 1.15 bits per heavy atom. The molecule has 4 heterocycles. The van der Waals surface area contributed by atoms with Gasteiger partial charge >= 0.3 is 6.09 Å². The lowest BCUT2D eigenvalue weighted by molar-refractivity contribution is -0.113. The molecule has 0 saturated carbocycles. The minimum atomic E-state index is -1.37. The van der Waals surface area contributed by atoms with E-state index in [9.17, 15) is 9.59 Å². The number of rotatable bonds is 11. The molecule has 2 unspecified atom stereocenters. The lowest BCUT2D eigenvalue weighted by atomic mass is 9.96. The second-order valence-corrected chi connectivity index (χ2v) is 21.6. The van der Waals surface area contributed by atoms with Crippen molar-refractivity contribution in [1.82, 2.24) is 24.2 Å². The quantitative estimate of drug-likeness (QED) is 0.0864. The summed E-state index contributed by atoms with van der Waals surface area (Å²) in [4.78, 5) is 32.4. The molecular formula is C39H52FN5O6Si. The van der Waals surface area contributed by atoms with Crippen molar-refractivity contribution < 1.29 is 32.9 Å². The second-order valence-electron chi connectivity index (χ2n) is 16.0. The average Bonchev–Trinajstić information content (AvgIpc) is 3.66. The predicted octanol–water partition coefficient (Wildman–Crippen LogP) is 8.15. The van der Waals surface area contributed by atoms with Crippen LogP contribution in [0.2, 0.25) is 25.7 Å². The van der Waals surface area contributed by atoms with E-state index < -0.39 is 31.6 Å². The number of nitrogens with zero attached hydrogens (tertiary/aromatic N) is 5. The zero-order chi connectivity index (χ0) is 37.4. The number of carbonyl (C=O) groups excluding carboxylic acids is 2. The van der Waals surface area contributed by atoms with Gasteiger partial charge in [0.2, 0.25) is 0 Å². The molecule has 2 aliphatic rings. The zero-order valence-corrected chi connectivity index (χ0v) is 32.8. The molecule has 2 aromatic carbocycles. The van der Waals surface area contributed by atoms with Crippen LogP contribution in [0.5, 0.6) is 5.75 Å². The van der Waals surface area contributed by atoms with Crippen molar-refractivity contribution >= 4 is 31.4 Å². The number of aromatic nitrogens is 4. The van der Waals surface area contributed by atoms with E-state index in [1.807, 2.05) is 49.1 Å². The van der Waals surface area contributed by atoms with Crippen LogP contribution in [0.4, 0.5) is 9.18 Å². The van der Waals surface area contributed by atoms with E-state index in [4.69, 9.17) is 29.0 Å². The lowest BCUT2D eigenvalue weighted by Crippen LogP contribution is -2.47. The molecule has 0 spiro atoms. The summed E-state index contributed by atoms with van der Waals surface area (Å²) < 4.78 is 42.6. The molecule has 280 valence electrons. The number of benzene rings is 2. The van der Waals surface area contributed by atoms with Crippen molar-refractivity contribution in [1.29, 1.82) is 0 Å². The molecule has 0 bridgehead atoms. The fourth-order valence-electron chi connectivity index (χ4n) is 6.88. The first-order valence-corrected chi connectivity index (χ1v) is 22.0. The molecule has 2 atom stereocenters. The highest BCUT2D eigenvalue weighted by molar-refractivity contribution is 6.76. The van der Waals surface area contributed by atoms with Gasteiger partial charge in [-0.2, -0.15) is 5.10 Å². The van der Waals surface area contributed by atoms with Gasteiger partial charge in [0.15, 0.2) is 23.6 Å². The van der Waals surface area contributed by atoms with Crippen molar-refractivity contribution in [3.63, 3.8) is 0 Å². The summed E-state index contributed by atoms with van der Waals surface area (Å²) in [5, 5.41) is 6.06. The number of amides is 1. The van der Waals surface area contributed by atoms with E-state index in [1.54, 1.807) is 6.07 Å². The van der Waals surface area contributed by atoms with Crippen LogP contribution in [-0.4, -0.2) is 76.7 Å². The molecule has 11 nitrogen and oxygen atoms in total. The Morgan fingerprint density at radius 3 is 2.60 bits per heavy atom. The summed E-state index contributed by atoms with van der Waals surface area (Å²) in [6, 6.07) is 9.62. The molecule has 2 aromatic heterocycles. The Hall–Kier alpha value is -4.07. The largest absolute Gasteiger partial charge is 0.494 e. The minimum Gasteiger partial charge on any atom is -0.494 e. The predicted molar refractivity (Wildman–Crippen MR) is 201 cm³/mol. The summed E-state index contributed by atoms with van der Waals surface area (Å²) in [6.45, 7) is 15.9. The Labute approximate surface area is 306 Å². The SMILES string of the molecule is CCc1cc(OC)c(F)cc1-c1ccc2c(-c3nc4c(n3COCC[Si](C)(C)C)CN(C(=O)OC(C)(C)C)C(C=O)C4)nn(C3CCCCO3)c2c1. The van der Waals surface area contributed by atoms with Crippen LogP contribution < -0.4 is 4.74 Å². The zero-order valence-electron chi connectivity index (χ0n) is 31.8. The standard InChI is InChI=1S/C39H52FN5O6Si/c1-9-25-19-34(48-5)30(40)21-29(25)26-13-14-28-32(18-26)45(35-12-10-11-15-50-35)42-36(28)37-41-31-20-27(23-46)43(38(47)51-39(2,3)4)22-33(31)44(37)24-49-16-17-52(6,7)8/h13-14,18-19,21,23,27,35H,9-12,15-17,20,22,24H2,1-8H3. The van der Waals surface area contributed by atoms with Gasteiger partial charge in [0.1, 0.15) is 24.3 Å². The smallest absolute Gasteiger partial charge is 0.411 e. The number of ether oxygens (including phenoxy) is 4. The fraction of sp³-hybridized carbons (Fsp3) is 0.538. The Balaban J connectivity index is 1.50. The highest BCUT2D eigenvalue weighted by atomic mass is 28.3. The summed E-state index contributed by atoms with van der Waals surface area (Å²) in [5.74, 6) is 0.385. The maximum atomic E-state index is 15.1. The van der Waals surface area contributed by atoms with E-state index in [-0.39, 0.29) is 31.7 Å². The first-order chi connectivity index (χ1) is 24.7. The van der Waals surface area contributed by atoms with E-state index in [2.05, 4.69) is 25.7 Å². The molecule has 1 fully saturated rings. The summed E-state index contributed by atoms with van der Waals surface area (Å²) in [5.41, 5.74) is 4.86. The fourth-order valence-corrected chi connectivity index (χ4v) is 7.64. The van der Waals surface area contributed by atoms with Crippen molar-refractivity contribution in [2.24, 2.45) is 0 Å². The van der Waals surface area contributed by atoms with Crippen LogP contribution in [-0.2, 0) is 45.1 Å².